The van der Waals surface area contributed by atoms with Crippen LogP contribution < -0.4 is 10.4 Å². The van der Waals surface area contributed by atoms with Crippen molar-refractivity contribution in [2.75, 3.05) is 7.11 Å². The van der Waals surface area contributed by atoms with Crippen LogP contribution in [0.15, 0.2) is 33.5 Å². The van der Waals surface area contributed by atoms with Crippen LogP contribution in [0.1, 0.15) is 25.5 Å². The quantitative estimate of drug-likeness (QED) is 0.813. The molecule has 0 aliphatic rings. The second-order valence-corrected chi connectivity index (χ2v) is 4.06. The van der Waals surface area contributed by atoms with Crippen LogP contribution in [-0.2, 0) is 6.42 Å². The molecular weight excluding hydrogens is 216 g/mol. The number of benzene rings is 1. The summed E-state index contributed by atoms with van der Waals surface area (Å²) in [5.41, 5.74) is -0.285. The Morgan fingerprint density at radius 3 is 2.82 bits per heavy atom. The molecule has 2 rings (SSSR count). The summed E-state index contributed by atoms with van der Waals surface area (Å²) in [6, 6.07) is 7.39. The highest BCUT2D eigenvalue weighted by molar-refractivity contribution is 5.82. The lowest BCUT2D eigenvalue weighted by Gasteiger charge is -2.03. The fourth-order valence-corrected chi connectivity index (χ4v) is 1.82. The van der Waals surface area contributed by atoms with E-state index < -0.39 is 0 Å². The van der Waals surface area contributed by atoms with Gasteiger partial charge in [-0.25, -0.2) is 4.79 Å². The highest BCUT2D eigenvalue weighted by Gasteiger charge is 2.05. The van der Waals surface area contributed by atoms with Gasteiger partial charge in [-0.1, -0.05) is 19.4 Å². The molecule has 90 valence electrons. The lowest BCUT2D eigenvalue weighted by Crippen LogP contribution is -2.02. The van der Waals surface area contributed by atoms with Crippen molar-refractivity contribution in [2.45, 2.75) is 26.2 Å². The lowest BCUT2D eigenvalue weighted by molar-refractivity contribution is 0.414. The van der Waals surface area contributed by atoms with Crippen LogP contribution in [0.5, 0.6) is 5.75 Å². The molecule has 0 aliphatic carbocycles. The van der Waals surface area contributed by atoms with Gasteiger partial charge < -0.3 is 9.15 Å². The molecule has 0 aliphatic heterocycles. The fraction of sp³-hybridized carbons (Fsp3) is 0.357. The number of unbranched alkanes of at least 4 members (excludes halogenated alkanes) is 1. The minimum atomic E-state index is -0.285. The van der Waals surface area contributed by atoms with Gasteiger partial charge in [-0.2, -0.15) is 0 Å². The predicted octanol–water partition coefficient (Wildman–Crippen LogP) is 3.14. The van der Waals surface area contributed by atoms with Gasteiger partial charge in [0, 0.05) is 6.42 Å². The first-order valence-electron chi connectivity index (χ1n) is 5.85. The summed E-state index contributed by atoms with van der Waals surface area (Å²) in [6.07, 6.45) is 2.93. The molecule has 1 aromatic heterocycles. The van der Waals surface area contributed by atoms with Gasteiger partial charge in [0.05, 0.1) is 12.5 Å². The third-order valence-electron chi connectivity index (χ3n) is 2.80. The average Bonchev–Trinajstić information content (AvgIpc) is 2.36. The first kappa shape index (κ1) is 11.7. The smallest absolute Gasteiger partial charge is 0.343 e. The summed E-state index contributed by atoms with van der Waals surface area (Å²) >= 11 is 0. The first-order chi connectivity index (χ1) is 8.24. The molecule has 0 bridgehead atoms. The van der Waals surface area contributed by atoms with E-state index in [4.69, 9.17) is 9.15 Å². The normalized spacial score (nSPS) is 10.7. The number of aryl methyl sites for hydroxylation is 1. The third-order valence-corrected chi connectivity index (χ3v) is 2.80. The van der Waals surface area contributed by atoms with E-state index in [1.807, 2.05) is 18.2 Å². The predicted molar refractivity (Wildman–Crippen MR) is 67.6 cm³/mol. The van der Waals surface area contributed by atoms with E-state index >= 15 is 0 Å². The van der Waals surface area contributed by atoms with E-state index in [-0.39, 0.29) is 5.63 Å². The summed E-state index contributed by atoms with van der Waals surface area (Å²) in [6.45, 7) is 2.12. The van der Waals surface area contributed by atoms with E-state index in [1.54, 1.807) is 13.2 Å². The zero-order valence-corrected chi connectivity index (χ0v) is 10.2. The zero-order valence-electron chi connectivity index (χ0n) is 10.2. The topological polar surface area (TPSA) is 39.4 Å². The maximum absolute atomic E-state index is 11.8. The maximum atomic E-state index is 11.8. The number of rotatable bonds is 4. The Bertz CT molecular complexity index is 569. The molecule has 1 heterocycles. The first-order valence-corrected chi connectivity index (χ1v) is 5.85. The van der Waals surface area contributed by atoms with Gasteiger partial charge in [0.2, 0.25) is 0 Å². The van der Waals surface area contributed by atoms with Crippen molar-refractivity contribution in [3.8, 4) is 5.75 Å². The Morgan fingerprint density at radius 1 is 1.29 bits per heavy atom. The monoisotopic (exact) mass is 232 g/mol. The van der Waals surface area contributed by atoms with Crippen molar-refractivity contribution in [1.29, 1.82) is 0 Å². The minimum Gasteiger partial charge on any atom is -0.497 e. The van der Waals surface area contributed by atoms with Gasteiger partial charge in [0.1, 0.15) is 11.5 Å². The van der Waals surface area contributed by atoms with Crippen LogP contribution in [0.4, 0.5) is 0 Å². The molecule has 0 unspecified atom stereocenters. The Morgan fingerprint density at radius 2 is 2.12 bits per heavy atom. The number of fused-ring (bicyclic) bond motifs is 1. The van der Waals surface area contributed by atoms with Crippen molar-refractivity contribution in [2.24, 2.45) is 0 Å². The molecule has 0 amide bonds. The van der Waals surface area contributed by atoms with Crippen LogP contribution in [-0.4, -0.2) is 7.11 Å². The Balaban J connectivity index is 2.48. The molecule has 0 saturated heterocycles. The molecule has 17 heavy (non-hydrogen) atoms. The molecule has 0 saturated carbocycles. The third kappa shape index (κ3) is 2.49. The number of ether oxygens (including phenoxy) is 1. The highest BCUT2D eigenvalue weighted by atomic mass is 16.5. The number of hydrogen-bond donors (Lipinski definition) is 0. The largest absolute Gasteiger partial charge is 0.497 e. The van der Waals surface area contributed by atoms with Crippen molar-refractivity contribution in [3.63, 3.8) is 0 Å². The number of hydrogen-bond acceptors (Lipinski definition) is 3. The summed E-state index contributed by atoms with van der Waals surface area (Å²) in [4.78, 5) is 11.8. The Labute approximate surface area is 100 Å². The van der Waals surface area contributed by atoms with Gasteiger partial charge in [-0.05, 0) is 30.0 Å². The van der Waals surface area contributed by atoms with Crippen LogP contribution in [0.3, 0.4) is 0 Å². The average molecular weight is 232 g/mol. The standard InChI is InChI=1S/C14H16O3/c1-3-4-5-12-8-10-6-7-11(16-2)9-13(10)14(15)17-12/h6-9H,3-5H2,1-2H3. The van der Waals surface area contributed by atoms with Gasteiger partial charge in [-0.15, -0.1) is 0 Å². The van der Waals surface area contributed by atoms with E-state index in [9.17, 15) is 4.79 Å². The van der Waals surface area contributed by atoms with E-state index in [1.165, 1.54) is 0 Å². The molecule has 0 atom stereocenters. The van der Waals surface area contributed by atoms with Gasteiger partial charge >= 0.3 is 5.63 Å². The minimum absolute atomic E-state index is 0.285. The van der Waals surface area contributed by atoms with Crippen molar-refractivity contribution < 1.29 is 9.15 Å². The Kier molecular flexibility index (Phi) is 3.47. The lowest BCUT2D eigenvalue weighted by atomic mass is 10.1. The van der Waals surface area contributed by atoms with Crippen LogP contribution in [0, 0.1) is 0 Å². The maximum Gasteiger partial charge on any atom is 0.343 e. The van der Waals surface area contributed by atoms with E-state index in [0.717, 1.165) is 30.4 Å². The van der Waals surface area contributed by atoms with Crippen LogP contribution in [0.2, 0.25) is 0 Å². The second-order valence-electron chi connectivity index (χ2n) is 4.06. The fourth-order valence-electron chi connectivity index (χ4n) is 1.82. The van der Waals surface area contributed by atoms with Crippen molar-refractivity contribution >= 4 is 10.8 Å². The van der Waals surface area contributed by atoms with Crippen molar-refractivity contribution in [1.82, 2.24) is 0 Å². The zero-order chi connectivity index (χ0) is 12.3. The van der Waals surface area contributed by atoms with Crippen LogP contribution >= 0.6 is 0 Å². The highest BCUT2D eigenvalue weighted by Crippen LogP contribution is 2.19. The van der Waals surface area contributed by atoms with E-state index in [0.29, 0.717) is 11.1 Å². The molecule has 1 aromatic carbocycles. The molecule has 2 aromatic rings. The number of methoxy groups -OCH3 is 1. The van der Waals surface area contributed by atoms with Crippen molar-refractivity contribution in [3.05, 3.63) is 40.4 Å². The summed E-state index contributed by atoms with van der Waals surface area (Å²) in [7, 11) is 1.58. The summed E-state index contributed by atoms with van der Waals surface area (Å²) in [5, 5.41) is 1.48. The van der Waals surface area contributed by atoms with Crippen LogP contribution in [0.25, 0.3) is 10.8 Å². The molecule has 3 nitrogen and oxygen atoms in total. The SMILES string of the molecule is CCCCc1cc2ccc(OC)cc2c(=O)o1. The molecular formula is C14H16O3. The van der Waals surface area contributed by atoms with Gasteiger partial charge in [-0.3, -0.25) is 0 Å². The molecule has 0 N–H and O–H groups in total. The summed E-state index contributed by atoms with van der Waals surface area (Å²) < 4.78 is 10.4. The molecule has 3 heteroatoms. The molecule has 0 spiro atoms. The van der Waals surface area contributed by atoms with Gasteiger partial charge in [0.25, 0.3) is 0 Å². The second kappa shape index (κ2) is 5.04. The molecule has 0 radical (unpaired) electrons. The Hall–Kier alpha value is -1.77. The van der Waals surface area contributed by atoms with Gasteiger partial charge in [0.15, 0.2) is 0 Å². The van der Waals surface area contributed by atoms with E-state index in [2.05, 4.69) is 6.92 Å². The molecule has 0 fully saturated rings. The summed E-state index contributed by atoms with van der Waals surface area (Å²) in [5.74, 6) is 1.43.